The largest absolute Gasteiger partial charge is 0.481 e. The fraction of sp³-hybridized carbons (Fsp3) is 0.154. The molecule has 0 aliphatic carbocycles. The highest BCUT2D eigenvalue weighted by Gasteiger charge is 2.18. The summed E-state index contributed by atoms with van der Waals surface area (Å²) in [5.74, 6) is -0.439. The Bertz CT molecular complexity index is 753. The lowest BCUT2D eigenvalue weighted by atomic mass is 10.3. The second-order valence-electron chi connectivity index (χ2n) is 4.11. The van der Waals surface area contributed by atoms with Crippen LogP contribution in [0.5, 0.6) is 5.88 Å². The highest BCUT2D eigenvalue weighted by Crippen LogP contribution is 2.19. The average Bonchev–Trinajstić information content (AvgIpc) is 2.45. The van der Waals surface area contributed by atoms with Gasteiger partial charge in [-0.05, 0) is 29.8 Å². The molecule has 0 aliphatic heterocycles. The Morgan fingerprint density at radius 2 is 2.10 bits per heavy atom. The zero-order chi connectivity index (χ0) is 15.5. The number of halogens is 2. The average molecular weight is 375 g/mol. The van der Waals surface area contributed by atoms with Gasteiger partial charge in [0.15, 0.2) is 0 Å². The van der Waals surface area contributed by atoms with E-state index < -0.39 is 20.7 Å². The zero-order valence-corrected chi connectivity index (χ0v) is 13.4. The molecule has 8 heteroatoms. The number of pyridine rings is 1. The summed E-state index contributed by atoms with van der Waals surface area (Å²) in [7, 11) is -2.47. The van der Waals surface area contributed by atoms with E-state index in [4.69, 9.17) is 4.74 Å². The van der Waals surface area contributed by atoms with E-state index in [2.05, 4.69) is 25.6 Å². The van der Waals surface area contributed by atoms with Gasteiger partial charge in [-0.25, -0.2) is 22.5 Å². The predicted octanol–water partition coefficient (Wildman–Crippen LogP) is 2.47. The molecule has 0 fully saturated rings. The quantitative estimate of drug-likeness (QED) is 0.872. The van der Waals surface area contributed by atoms with Gasteiger partial charge in [-0.3, -0.25) is 0 Å². The number of hydrogen-bond donors (Lipinski definition) is 1. The lowest BCUT2D eigenvalue weighted by Crippen LogP contribution is -2.24. The van der Waals surface area contributed by atoms with Crippen LogP contribution in [0.2, 0.25) is 0 Å². The van der Waals surface area contributed by atoms with Gasteiger partial charge in [0.2, 0.25) is 15.9 Å². The summed E-state index contributed by atoms with van der Waals surface area (Å²) in [4.78, 5) is 3.52. The maximum absolute atomic E-state index is 13.7. The molecular weight excluding hydrogens is 363 g/mol. The third kappa shape index (κ3) is 3.99. The van der Waals surface area contributed by atoms with Crippen molar-refractivity contribution in [3.8, 4) is 5.88 Å². The number of sulfonamides is 1. The van der Waals surface area contributed by atoms with Gasteiger partial charge >= 0.3 is 0 Å². The van der Waals surface area contributed by atoms with Gasteiger partial charge in [0, 0.05) is 23.3 Å². The van der Waals surface area contributed by atoms with Crippen LogP contribution in [0.3, 0.4) is 0 Å². The van der Waals surface area contributed by atoms with Crippen LogP contribution in [0.15, 0.2) is 45.9 Å². The van der Waals surface area contributed by atoms with Crippen LogP contribution in [-0.2, 0) is 16.6 Å². The summed E-state index contributed by atoms with van der Waals surface area (Å²) in [5, 5.41) is 0. The van der Waals surface area contributed by atoms with Crippen molar-refractivity contribution in [1.82, 2.24) is 9.71 Å². The van der Waals surface area contributed by atoms with Crippen molar-refractivity contribution in [3.63, 3.8) is 0 Å². The molecule has 0 amide bonds. The van der Waals surface area contributed by atoms with Crippen molar-refractivity contribution in [3.05, 3.63) is 52.4 Å². The number of rotatable bonds is 5. The van der Waals surface area contributed by atoms with E-state index in [1.165, 1.54) is 25.4 Å². The highest BCUT2D eigenvalue weighted by atomic mass is 79.9. The summed E-state index contributed by atoms with van der Waals surface area (Å²) >= 11 is 3.08. The van der Waals surface area contributed by atoms with Crippen LogP contribution >= 0.6 is 15.9 Å². The Balaban J connectivity index is 2.17. The number of methoxy groups -OCH3 is 1. The number of benzene rings is 1. The van der Waals surface area contributed by atoms with Gasteiger partial charge in [-0.15, -0.1) is 0 Å². The summed E-state index contributed by atoms with van der Waals surface area (Å²) in [6, 6.07) is 7.01. The molecule has 1 aromatic heterocycles. The van der Waals surface area contributed by atoms with Gasteiger partial charge in [-0.2, -0.15) is 0 Å². The number of nitrogens with one attached hydrogen (secondary N) is 1. The molecule has 1 aromatic carbocycles. The SMILES string of the molecule is COc1cc(CNS(=O)(=O)c2ccc(Br)cc2F)ccn1. The normalized spacial score (nSPS) is 11.4. The van der Waals surface area contributed by atoms with E-state index in [9.17, 15) is 12.8 Å². The van der Waals surface area contributed by atoms with Gasteiger partial charge in [-0.1, -0.05) is 15.9 Å². The lowest BCUT2D eigenvalue weighted by Gasteiger charge is -2.08. The zero-order valence-electron chi connectivity index (χ0n) is 11.0. The summed E-state index contributed by atoms with van der Waals surface area (Å²) in [6.07, 6.45) is 1.50. The van der Waals surface area contributed by atoms with Crippen molar-refractivity contribution >= 4 is 26.0 Å². The molecular formula is C13H12BrFN2O3S. The molecule has 0 unspecified atom stereocenters. The van der Waals surface area contributed by atoms with Crippen molar-refractivity contribution in [2.24, 2.45) is 0 Å². The van der Waals surface area contributed by atoms with Crippen molar-refractivity contribution in [2.45, 2.75) is 11.4 Å². The van der Waals surface area contributed by atoms with Crippen molar-refractivity contribution in [1.29, 1.82) is 0 Å². The van der Waals surface area contributed by atoms with Gasteiger partial charge in [0.25, 0.3) is 0 Å². The molecule has 112 valence electrons. The van der Waals surface area contributed by atoms with Gasteiger partial charge in [0.05, 0.1) is 7.11 Å². The monoisotopic (exact) mass is 374 g/mol. The molecule has 1 N–H and O–H groups in total. The topological polar surface area (TPSA) is 68.3 Å². The smallest absolute Gasteiger partial charge is 0.243 e. The Morgan fingerprint density at radius 3 is 2.76 bits per heavy atom. The molecule has 21 heavy (non-hydrogen) atoms. The first-order valence-electron chi connectivity index (χ1n) is 5.86. The van der Waals surface area contributed by atoms with E-state index in [0.717, 1.165) is 6.07 Å². The summed E-state index contributed by atoms with van der Waals surface area (Å²) < 4.78 is 45.6. The minimum Gasteiger partial charge on any atom is -0.481 e. The van der Waals surface area contributed by atoms with E-state index in [0.29, 0.717) is 15.9 Å². The molecule has 0 radical (unpaired) electrons. The molecule has 0 bridgehead atoms. The van der Waals surface area contributed by atoms with Crippen LogP contribution < -0.4 is 9.46 Å². The van der Waals surface area contributed by atoms with Crippen molar-refractivity contribution in [2.75, 3.05) is 7.11 Å². The third-order valence-electron chi connectivity index (χ3n) is 2.66. The maximum atomic E-state index is 13.7. The minimum absolute atomic E-state index is 0.0106. The molecule has 5 nitrogen and oxygen atoms in total. The Hall–Kier alpha value is -1.51. The van der Waals surface area contributed by atoms with E-state index >= 15 is 0 Å². The molecule has 0 aliphatic rings. The Kier molecular flexibility index (Phi) is 4.92. The number of aromatic nitrogens is 1. The molecule has 1 heterocycles. The standard InChI is InChI=1S/C13H12BrFN2O3S/c1-20-13-6-9(4-5-16-13)8-17-21(18,19)12-3-2-10(14)7-11(12)15/h2-7,17H,8H2,1H3. The molecule has 2 aromatic rings. The molecule has 0 saturated carbocycles. The fourth-order valence-electron chi connectivity index (χ4n) is 1.62. The second-order valence-corrected chi connectivity index (χ2v) is 6.76. The van der Waals surface area contributed by atoms with Crippen LogP contribution in [0.25, 0.3) is 0 Å². The van der Waals surface area contributed by atoms with Gasteiger partial charge < -0.3 is 4.74 Å². The second kappa shape index (κ2) is 6.50. The summed E-state index contributed by atoms with van der Waals surface area (Å²) in [6.45, 7) is 0.0106. The van der Waals surface area contributed by atoms with E-state index in [-0.39, 0.29) is 6.54 Å². The number of ether oxygens (including phenoxy) is 1. The first-order chi connectivity index (χ1) is 9.92. The number of hydrogen-bond acceptors (Lipinski definition) is 4. The number of nitrogens with zero attached hydrogens (tertiary/aromatic N) is 1. The van der Waals surface area contributed by atoms with Crippen LogP contribution in [0, 0.1) is 5.82 Å². The molecule has 0 spiro atoms. The Labute approximate surface area is 130 Å². The lowest BCUT2D eigenvalue weighted by molar-refractivity contribution is 0.397. The van der Waals surface area contributed by atoms with Gasteiger partial charge in [0.1, 0.15) is 10.7 Å². The van der Waals surface area contributed by atoms with E-state index in [1.807, 2.05) is 0 Å². The molecule has 0 atom stereocenters. The maximum Gasteiger partial charge on any atom is 0.243 e. The molecule has 2 rings (SSSR count). The predicted molar refractivity (Wildman–Crippen MR) is 78.9 cm³/mol. The van der Waals surface area contributed by atoms with Crippen molar-refractivity contribution < 1.29 is 17.5 Å². The minimum atomic E-state index is -3.93. The van der Waals surface area contributed by atoms with E-state index in [1.54, 1.807) is 12.1 Å². The van der Waals surface area contributed by atoms with Crippen LogP contribution in [0.1, 0.15) is 5.56 Å². The molecule has 0 saturated heterocycles. The summed E-state index contributed by atoms with van der Waals surface area (Å²) in [5.41, 5.74) is 0.656. The highest BCUT2D eigenvalue weighted by molar-refractivity contribution is 9.10. The van der Waals surface area contributed by atoms with Crippen LogP contribution in [-0.4, -0.2) is 20.5 Å². The first kappa shape index (κ1) is 15.9. The Morgan fingerprint density at radius 1 is 1.33 bits per heavy atom. The van der Waals surface area contributed by atoms with Crippen LogP contribution in [0.4, 0.5) is 4.39 Å². The fourth-order valence-corrected chi connectivity index (χ4v) is 3.03. The first-order valence-corrected chi connectivity index (χ1v) is 8.13. The third-order valence-corrected chi connectivity index (χ3v) is 4.59.